The van der Waals surface area contributed by atoms with Gasteiger partial charge < -0.3 is 0 Å². The van der Waals surface area contributed by atoms with E-state index in [0.29, 0.717) is 12.2 Å². The van der Waals surface area contributed by atoms with E-state index >= 15 is 0 Å². The van der Waals surface area contributed by atoms with Gasteiger partial charge in [-0.15, -0.1) is 0 Å². The minimum absolute atomic E-state index is 0.000231. The molecular formula is C13H15ClO. The van der Waals surface area contributed by atoms with Gasteiger partial charge in [0.1, 0.15) is 5.78 Å². The molecule has 1 aliphatic rings. The molecule has 1 atom stereocenters. The molecule has 15 heavy (non-hydrogen) atoms. The molecular weight excluding hydrogens is 208 g/mol. The van der Waals surface area contributed by atoms with Crippen LogP contribution in [0.15, 0.2) is 24.3 Å². The second kappa shape index (κ2) is 3.97. The largest absolute Gasteiger partial charge is 0.300 e. The first-order chi connectivity index (χ1) is 7.10. The summed E-state index contributed by atoms with van der Waals surface area (Å²) in [6, 6.07) is 7.89. The molecule has 1 aromatic rings. The molecule has 0 heterocycles. The Labute approximate surface area is 95.4 Å². The third kappa shape index (κ3) is 2.23. The standard InChI is InChI=1S/C13H15ClO/c1-13(7-3-6-12(15)9-13)10-4-2-5-11(14)8-10/h2,4-5,8H,3,6-7,9H2,1H3/t13-/m1/s1. The molecule has 0 radical (unpaired) electrons. The van der Waals surface area contributed by atoms with Crippen LogP contribution in [-0.2, 0) is 10.2 Å². The van der Waals surface area contributed by atoms with Crippen molar-refractivity contribution in [1.29, 1.82) is 0 Å². The fraction of sp³-hybridized carbons (Fsp3) is 0.462. The van der Waals surface area contributed by atoms with Crippen LogP contribution in [0.25, 0.3) is 0 Å². The number of carbonyl (C=O) groups is 1. The van der Waals surface area contributed by atoms with Gasteiger partial charge in [-0.2, -0.15) is 0 Å². The van der Waals surface area contributed by atoms with E-state index in [9.17, 15) is 4.79 Å². The minimum atomic E-state index is 0.000231. The second-order valence-electron chi connectivity index (χ2n) is 4.64. The zero-order valence-corrected chi connectivity index (χ0v) is 9.68. The van der Waals surface area contributed by atoms with Crippen molar-refractivity contribution in [1.82, 2.24) is 0 Å². The summed E-state index contributed by atoms with van der Waals surface area (Å²) in [4.78, 5) is 11.5. The molecule has 0 unspecified atom stereocenters. The number of halogens is 1. The molecule has 2 rings (SSSR count). The summed E-state index contributed by atoms with van der Waals surface area (Å²) in [6.45, 7) is 2.16. The van der Waals surface area contributed by atoms with Crippen LogP contribution < -0.4 is 0 Å². The highest BCUT2D eigenvalue weighted by atomic mass is 35.5. The van der Waals surface area contributed by atoms with Crippen LogP contribution in [0.2, 0.25) is 5.02 Å². The molecule has 1 nitrogen and oxygen atoms in total. The van der Waals surface area contributed by atoms with E-state index in [-0.39, 0.29) is 5.41 Å². The lowest BCUT2D eigenvalue weighted by molar-refractivity contribution is -0.121. The number of carbonyl (C=O) groups excluding carboxylic acids is 1. The Hall–Kier alpha value is -0.820. The quantitative estimate of drug-likeness (QED) is 0.708. The molecule has 0 spiro atoms. The van der Waals surface area contributed by atoms with Gasteiger partial charge in [0.05, 0.1) is 0 Å². The fourth-order valence-corrected chi connectivity index (χ4v) is 2.59. The van der Waals surface area contributed by atoms with Crippen LogP contribution >= 0.6 is 11.6 Å². The maximum absolute atomic E-state index is 11.5. The maximum Gasteiger partial charge on any atom is 0.133 e. The topological polar surface area (TPSA) is 17.1 Å². The summed E-state index contributed by atoms with van der Waals surface area (Å²) in [5.74, 6) is 0.378. The summed E-state index contributed by atoms with van der Waals surface area (Å²) >= 11 is 5.98. The molecule has 1 fully saturated rings. The van der Waals surface area contributed by atoms with Crippen molar-refractivity contribution >= 4 is 17.4 Å². The normalized spacial score (nSPS) is 26.7. The van der Waals surface area contributed by atoms with Gasteiger partial charge in [-0.1, -0.05) is 30.7 Å². The number of ketones is 1. The Bertz CT molecular complexity index is 386. The molecule has 0 bridgehead atoms. The van der Waals surface area contributed by atoms with Gasteiger partial charge >= 0.3 is 0 Å². The number of benzene rings is 1. The first kappa shape index (κ1) is 10.7. The fourth-order valence-electron chi connectivity index (χ4n) is 2.40. The van der Waals surface area contributed by atoms with E-state index in [1.807, 2.05) is 18.2 Å². The average Bonchev–Trinajstić information content (AvgIpc) is 2.17. The lowest BCUT2D eigenvalue weighted by atomic mass is 9.70. The van der Waals surface area contributed by atoms with Crippen molar-refractivity contribution in [3.63, 3.8) is 0 Å². The van der Waals surface area contributed by atoms with Crippen molar-refractivity contribution < 1.29 is 4.79 Å². The van der Waals surface area contributed by atoms with E-state index in [2.05, 4.69) is 13.0 Å². The van der Waals surface area contributed by atoms with Crippen molar-refractivity contribution in [3.8, 4) is 0 Å². The van der Waals surface area contributed by atoms with Gasteiger partial charge in [0, 0.05) is 17.9 Å². The molecule has 80 valence electrons. The highest BCUT2D eigenvalue weighted by molar-refractivity contribution is 6.30. The molecule has 0 amide bonds. The van der Waals surface area contributed by atoms with Gasteiger partial charge in [-0.3, -0.25) is 4.79 Å². The zero-order chi connectivity index (χ0) is 10.9. The lowest BCUT2D eigenvalue weighted by Gasteiger charge is -2.33. The van der Waals surface area contributed by atoms with Gasteiger partial charge in [0.25, 0.3) is 0 Å². The molecule has 0 saturated heterocycles. The number of hydrogen-bond donors (Lipinski definition) is 0. The number of hydrogen-bond acceptors (Lipinski definition) is 1. The Kier molecular flexibility index (Phi) is 2.83. The Balaban J connectivity index is 2.32. The second-order valence-corrected chi connectivity index (χ2v) is 5.08. The average molecular weight is 223 g/mol. The van der Waals surface area contributed by atoms with Crippen molar-refractivity contribution in [2.75, 3.05) is 0 Å². The van der Waals surface area contributed by atoms with Crippen LogP contribution in [-0.4, -0.2) is 5.78 Å². The highest BCUT2D eigenvalue weighted by Gasteiger charge is 2.32. The van der Waals surface area contributed by atoms with Crippen LogP contribution in [0.5, 0.6) is 0 Å². The molecule has 1 saturated carbocycles. The summed E-state index contributed by atoms with van der Waals surface area (Å²) in [5.41, 5.74) is 1.20. The van der Waals surface area contributed by atoms with E-state index < -0.39 is 0 Å². The molecule has 0 N–H and O–H groups in total. The Morgan fingerprint density at radius 3 is 2.87 bits per heavy atom. The highest BCUT2D eigenvalue weighted by Crippen LogP contribution is 2.38. The third-order valence-corrected chi connectivity index (χ3v) is 3.53. The first-order valence-electron chi connectivity index (χ1n) is 5.38. The van der Waals surface area contributed by atoms with Gasteiger partial charge in [-0.25, -0.2) is 0 Å². The van der Waals surface area contributed by atoms with Gasteiger partial charge in [0.2, 0.25) is 0 Å². The summed E-state index contributed by atoms with van der Waals surface area (Å²) in [6.07, 6.45) is 3.49. The van der Waals surface area contributed by atoms with Crippen molar-refractivity contribution in [2.45, 2.75) is 38.0 Å². The third-order valence-electron chi connectivity index (χ3n) is 3.29. The van der Waals surface area contributed by atoms with Crippen LogP contribution in [0.1, 0.15) is 38.2 Å². The van der Waals surface area contributed by atoms with Crippen LogP contribution in [0.4, 0.5) is 0 Å². The lowest BCUT2D eigenvalue weighted by Crippen LogP contribution is -2.29. The predicted octanol–water partition coefficient (Wildman–Crippen LogP) is 3.74. The maximum atomic E-state index is 11.5. The van der Waals surface area contributed by atoms with Crippen LogP contribution in [0.3, 0.4) is 0 Å². The molecule has 0 aromatic heterocycles. The van der Waals surface area contributed by atoms with Crippen LogP contribution in [0, 0.1) is 0 Å². The van der Waals surface area contributed by atoms with Gasteiger partial charge in [0.15, 0.2) is 0 Å². The van der Waals surface area contributed by atoms with E-state index in [1.165, 1.54) is 5.56 Å². The number of Topliss-reactive ketones (excluding diaryl/α,β-unsaturated/α-hetero) is 1. The Morgan fingerprint density at radius 2 is 2.20 bits per heavy atom. The smallest absolute Gasteiger partial charge is 0.133 e. The van der Waals surface area contributed by atoms with E-state index in [1.54, 1.807) is 0 Å². The van der Waals surface area contributed by atoms with Crippen molar-refractivity contribution in [2.24, 2.45) is 0 Å². The summed E-state index contributed by atoms with van der Waals surface area (Å²) in [5, 5.41) is 0.756. The monoisotopic (exact) mass is 222 g/mol. The first-order valence-corrected chi connectivity index (χ1v) is 5.76. The molecule has 2 heteroatoms. The SMILES string of the molecule is C[C@@]1(c2cccc(Cl)c2)CCCC(=O)C1. The minimum Gasteiger partial charge on any atom is -0.300 e. The summed E-state index contributed by atoms with van der Waals surface area (Å²) in [7, 11) is 0. The molecule has 0 aliphatic heterocycles. The zero-order valence-electron chi connectivity index (χ0n) is 8.92. The van der Waals surface area contributed by atoms with E-state index in [0.717, 1.165) is 24.3 Å². The predicted molar refractivity (Wildman–Crippen MR) is 62.3 cm³/mol. The van der Waals surface area contributed by atoms with Gasteiger partial charge in [-0.05, 0) is 36.0 Å². The number of rotatable bonds is 1. The van der Waals surface area contributed by atoms with E-state index in [4.69, 9.17) is 11.6 Å². The molecule has 1 aliphatic carbocycles. The molecule has 1 aromatic carbocycles. The Morgan fingerprint density at radius 1 is 1.40 bits per heavy atom. The summed E-state index contributed by atoms with van der Waals surface area (Å²) < 4.78 is 0. The van der Waals surface area contributed by atoms with Crippen molar-refractivity contribution in [3.05, 3.63) is 34.9 Å².